The first-order chi connectivity index (χ1) is 16.4. The highest BCUT2D eigenvalue weighted by Crippen LogP contribution is 2.42. The summed E-state index contributed by atoms with van der Waals surface area (Å²) in [4.78, 5) is 38.4. The number of amides is 2. The van der Waals surface area contributed by atoms with Crippen LogP contribution in [0, 0.1) is 13.8 Å². The number of nitrogens with zero attached hydrogens (tertiary/aromatic N) is 5. The number of nitrogens with one attached hydrogen (secondary N) is 1. The Morgan fingerprint density at radius 2 is 2.03 bits per heavy atom. The number of aromatic nitrogens is 4. The Labute approximate surface area is 216 Å². The summed E-state index contributed by atoms with van der Waals surface area (Å²) in [5.74, 6) is -1.94. The minimum Gasteiger partial charge on any atom is -0.477 e. The number of β-lactam (4-membered cyclic amide) rings is 1. The standard InChI is InChI=1S/C18H16BrF3N6O4S3/c1-6-10(19)13(18(20,21)22)26-27(6)3-9(29)23-11-14(30)28-12(16(31)32)8(4-33-15(11)28)5-34-17-25-24-7(2)35-17/h11,15H,3-5H2,1-2H3,(H,23,29)(H,31,32)/t11-,15+/m1/s1. The average molecular weight is 613 g/mol. The van der Waals surface area contributed by atoms with Gasteiger partial charge in [-0.3, -0.25) is 19.2 Å². The molecule has 2 aliphatic rings. The molecule has 0 unspecified atom stereocenters. The topological polar surface area (TPSA) is 130 Å². The van der Waals surface area contributed by atoms with E-state index in [1.807, 2.05) is 0 Å². The molecule has 4 heterocycles. The molecule has 2 aromatic rings. The van der Waals surface area contributed by atoms with Gasteiger partial charge >= 0.3 is 12.1 Å². The molecule has 17 heteroatoms. The van der Waals surface area contributed by atoms with Gasteiger partial charge in [-0.1, -0.05) is 23.1 Å². The lowest BCUT2D eigenvalue weighted by molar-refractivity contribution is -0.150. The quantitative estimate of drug-likeness (QED) is 0.358. The fraction of sp³-hybridized carbons (Fsp3) is 0.444. The van der Waals surface area contributed by atoms with E-state index in [2.05, 4.69) is 36.5 Å². The van der Waals surface area contributed by atoms with Gasteiger partial charge in [0.15, 0.2) is 10.0 Å². The number of rotatable bonds is 7. The van der Waals surface area contributed by atoms with E-state index >= 15 is 0 Å². The third-order valence-corrected chi connectivity index (χ3v) is 9.49. The maximum atomic E-state index is 13.1. The number of aryl methyl sites for hydroxylation is 1. The highest BCUT2D eigenvalue weighted by molar-refractivity contribution is 9.10. The summed E-state index contributed by atoms with van der Waals surface area (Å²) in [5.41, 5.74) is -0.627. The highest BCUT2D eigenvalue weighted by atomic mass is 79.9. The van der Waals surface area contributed by atoms with Crippen molar-refractivity contribution in [1.82, 2.24) is 30.2 Å². The molecule has 0 spiro atoms. The van der Waals surface area contributed by atoms with E-state index in [9.17, 15) is 32.7 Å². The van der Waals surface area contributed by atoms with Gasteiger partial charge in [-0.25, -0.2) is 4.79 Å². The van der Waals surface area contributed by atoms with E-state index in [1.54, 1.807) is 6.92 Å². The summed E-state index contributed by atoms with van der Waals surface area (Å²) in [7, 11) is 0. The third-order valence-electron chi connectivity index (χ3n) is 5.14. The molecule has 0 saturated carbocycles. The second-order valence-corrected chi connectivity index (χ2v) is 11.8. The van der Waals surface area contributed by atoms with Gasteiger partial charge in [0, 0.05) is 11.5 Å². The molecular weight excluding hydrogens is 597 g/mol. The van der Waals surface area contributed by atoms with Crippen molar-refractivity contribution in [3.63, 3.8) is 0 Å². The van der Waals surface area contributed by atoms with E-state index in [0.29, 0.717) is 21.4 Å². The van der Waals surface area contributed by atoms with E-state index in [1.165, 1.54) is 41.8 Å². The SMILES string of the molecule is Cc1nnc(SCC2=C(C(=O)O)N3C(=O)[C@@H](NC(=O)Cn4nc(C(F)(F)F)c(Br)c4C)[C@@H]3SC2)s1. The Morgan fingerprint density at radius 1 is 1.31 bits per heavy atom. The molecule has 35 heavy (non-hydrogen) atoms. The van der Waals surface area contributed by atoms with E-state index in [-0.39, 0.29) is 15.9 Å². The first-order valence-corrected chi connectivity index (χ1v) is 13.4. The number of carbonyl (C=O) groups is 3. The highest BCUT2D eigenvalue weighted by Gasteiger charge is 2.54. The second-order valence-electron chi connectivity index (χ2n) is 7.49. The van der Waals surface area contributed by atoms with Crippen LogP contribution in [0.3, 0.4) is 0 Å². The lowest BCUT2D eigenvalue weighted by atomic mass is 10.0. The monoisotopic (exact) mass is 612 g/mol. The van der Waals surface area contributed by atoms with Gasteiger partial charge in [0.1, 0.15) is 28.7 Å². The molecule has 0 bridgehead atoms. The number of hydrogen-bond acceptors (Lipinski definition) is 9. The molecule has 2 aliphatic heterocycles. The van der Waals surface area contributed by atoms with Gasteiger partial charge in [-0.15, -0.1) is 22.0 Å². The van der Waals surface area contributed by atoms with Crippen molar-refractivity contribution in [3.05, 3.63) is 32.1 Å². The first kappa shape index (κ1) is 26.0. The van der Waals surface area contributed by atoms with Crippen LogP contribution in [0.2, 0.25) is 0 Å². The predicted octanol–water partition coefficient (Wildman–Crippen LogP) is 2.66. The molecule has 10 nitrogen and oxygen atoms in total. The lowest BCUT2D eigenvalue weighted by Crippen LogP contribution is -2.70. The van der Waals surface area contributed by atoms with Crippen molar-refractivity contribution < 1.29 is 32.7 Å². The molecule has 0 aliphatic carbocycles. The summed E-state index contributed by atoms with van der Waals surface area (Å²) in [5, 5.41) is 23.8. The van der Waals surface area contributed by atoms with Gasteiger partial charge in [-0.05, 0) is 35.4 Å². The summed E-state index contributed by atoms with van der Waals surface area (Å²) in [6.07, 6.45) is -4.70. The van der Waals surface area contributed by atoms with Crippen LogP contribution in [0.4, 0.5) is 13.2 Å². The molecule has 1 fully saturated rings. The van der Waals surface area contributed by atoms with Gasteiger partial charge in [0.2, 0.25) is 5.91 Å². The van der Waals surface area contributed by atoms with Gasteiger partial charge < -0.3 is 10.4 Å². The van der Waals surface area contributed by atoms with Gasteiger partial charge in [-0.2, -0.15) is 18.3 Å². The number of fused-ring (bicyclic) bond motifs is 1. The first-order valence-electron chi connectivity index (χ1n) is 9.80. The van der Waals surface area contributed by atoms with E-state index in [4.69, 9.17) is 0 Å². The number of carbonyl (C=O) groups excluding carboxylic acids is 2. The summed E-state index contributed by atoms with van der Waals surface area (Å²) in [6, 6.07) is -0.997. The fourth-order valence-electron chi connectivity index (χ4n) is 3.49. The largest absolute Gasteiger partial charge is 0.477 e. The Bertz CT molecular complexity index is 1250. The molecule has 2 N–H and O–H groups in total. The molecule has 4 rings (SSSR count). The molecule has 1 saturated heterocycles. The zero-order chi connectivity index (χ0) is 25.7. The molecule has 2 amide bonds. The molecule has 0 radical (unpaired) electrons. The number of carboxylic acids is 1. The lowest BCUT2D eigenvalue weighted by Gasteiger charge is -2.49. The molecule has 2 atom stereocenters. The molecule has 188 valence electrons. The third kappa shape index (κ3) is 5.08. The normalized spacial score (nSPS) is 20.1. The Kier molecular flexibility index (Phi) is 7.23. The van der Waals surface area contributed by atoms with Crippen molar-refractivity contribution in [3.8, 4) is 0 Å². The second kappa shape index (κ2) is 9.74. The van der Waals surface area contributed by atoms with Gasteiger partial charge in [0.05, 0.1) is 10.2 Å². The minimum atomic E-state index is -4.70. The molecule has 2 aromatic heterocycles. The van der Waals surface area contributed by atoms with Crippen LogP contribution in [0.25, 0.3) is 0 Å². The maximum absolute atomic E-state index is 13.1. The predicted molar refractivity (Wildman–Crippen MR) is 125 cm³/mol. The molecule has 0 aromatic carbocycles. The van der Waals surface area contributed by atoms with Crippen LogP contribution >= 0.6 is 50.8 Å². The van der Waals surface area contributed by atoms with Crippen LogP contribution in [0.15, 0.2) is 20.1 Å². The van der Waals surface area contributed by atoms with Crippen LogP contribution in [0.5, 0.6) is 0 Å². The minimum absolute atomic E-state index is 0.102. The Balaban J connectivity index is 1.44. The maximum Gasteiger partial charge on any atom is 0.436 e. The number of alkyl halides is 3. The van der Waals surface area contributed by atoms with Crippen molar-refractivity contribution in [1.29, 1.82) is 0 Å². The van der Waals surface area contributed by atoms with E-state index in [0.717, 1.165) is 14.6 Å². The van der Waals surface area contributed by atoms with Crippen LogP contribution in [0.1, 0.15) is 16.4 Å². The number of hydrogen-bond donors (Lipinski definition) is 2. The van der Waals surface area contributed by atoms with Crippen LogP contribution in [-0.2, 0) is 27.1 Å². The smallest absolute Gasteiger partial charge is 0.436 e. The van der Waals surface area contributed by atoms with Crippen LogP contribution < -0.4 is 5.32 Å². The van der Waals surface area contributed by atoms with Crippen molar-refractivity contribution >= 4 is 68.6 Å². The number of carboxylic acid groups (broad SMARTS) is 1. The summed E-state index contributed by atoms with van der Waals surface area (Å²) < 4.78 is 40.5. The van der Waals surface area contributed by atoms with Crippen molar-refractivity contribution in [2.45, 2.75) is 42.3 Å². The number of halogens is 4. The van der Waals surface area contributed by atoms with Gasteiger partial charge in [0.25, 0.3) is 5.91 Å². The van der Waals surface area contributed by atoms with Crippen molar-refractivity contribution in [2.75, 3.05) is 11.5 Å². The van der Waals surface area contributed by atoms with E-state index < -0.39 is 47.6 Å². The Hall–Kier alpha value is -2.11. The number of aliphatic carboxylic acids is 1. The molecular formula is C18H16BrF3N6O4S3. The number of thioether (sulfide) groups is 2. The zero-order valence-electron chi connectivity index (χ0n) is 17.9. The van der Waals surface area contributed by atoms with Crippen LogP contribution in [-0.4, -0.2) is 70.7 Å². The average Bonchev–Trinajstić information content (AvgIpc) is 3.32. The summed E-state index contributed by atoms with van der Waals surface area (Å²) >= 11 is 6.85. The Morgan fingerprint density at radius 3 is 2.60 bits per heavy atom. The van der Waals surface area contributed by atoms with Crippen molar-refractivity contribution in [2.24, 2.45) is 0 Å². The fourth-order valence-corrected chi connectivity index (χ4v) is 7.30. The zero-order valence-corrected chi connectivity index (χ0v) is 22.0. The summed E-state index contributed by atoms with van der Waals surface area (Å²) in [6.45, 7) is 2.64.